The lowest BCUT2D eigenvalue weighted by molar-refractivity contribution is 1.09. The van der Waals surface area contributed by atoms with Crippen LogP contribution in [0.3, 0.4) is 0 Å². The van der Waals surface area contributed by atoms with E-state index >= 15 is 0 Å². The Hall–Kier alpha value is -3.04. The fourth-order valence-corrected chi connectivity index (χ4v) is 1.98. The molecule has 22 heavy (non-hydrogen) atoms. The van der Waals surface area contributed by atoms with Crippen molar-refractivity contribution in [1.82, 2.24) is 15.2 Å². The van der Waals surface area contributed by atoms with Gasteiger partial charge in [-0.3, -0.25) is 5.10 Å². The molecule has 0 unspecified atom stereocenters. The van der Waals surface area contributed by atoms with Crippen LogP contribution in [0, 0.1) is 11.3 Å². The number of benzene rings is 1. The van der Waals surface area contributed by atoms with Crippen LogP contribution >= 0.6 is 11.6 Å². The number of nitrogens with one attached hydrogen (secondary N) is 3. The highest BCUT2D eigenvalue weighted by Crippen LogP contribution is 2.26. The molecule has 3 rings (SSSR count). The van der Waals surface area contributed by atoms with Gasteiger partial charge < -0.3 is 10.3 Å². The van der Waals surface area contributed by atoms with Crippen molar-refractivity contribution in [1.29, 1.82) is 5.26 Å². The van der Waals surface area contributed by atoms with Crippen LogP contribution in [0.25, 0.3) is 0 Å². The van der Waals surface area contributed by atoms with Gasteiger partial charge in [-0.25, -0.2) is 4.99 Å². The largest absolute Gasteiger partial charge is 0.360 e. The zero-order valence-electron chi connectivity index (χ0n) is 11.3. The third-order valence-corrected chi connectivity index (χ3v) is 3.17. The maximum atomic E-state index is 9.31. The Kier molecular flexibility index (Phi) is 3.90. The Labute approximate surface area is 131 Å². The van der Waals surface area contributed by atoms with Crippen molar-refractivity contribution in [3.05, 3.63) is 58.9 Å². The smallest absolute Gasteiger partial charge is 0.193 e. The predicted molar refractivity (Wildman–Crippen MR) is 86.1 cm³/mol. The first-order valence-corrected chi connectivity index (χ1v) is 6.82. The van der Waals surface area contributed by atoms with Gasteiger partial charge in [-0.15, -0.1) is 0 Å². The van der Waals surface area contributed by atoms with Gasteiger partial charge in [0, 0.05) is 16.9 Å². The average Bonchev–Trinajstić information content (AvgIpc) is 3.17. The number of anilines is 2. The summed E-state index contributed by atoms with van der Waals surface area (Å²) in [6.07, 6.45) is 3.41. The molecule has 0 saturated heterocycles. The van der Waals surface area contributed by atoms with E-state index in [2.05, 4.69) is 31.6 Å². The summed E-state index contributed by atoms with van der Waals surface area (Å²) in [6.45, 7) is 0. The minimum absolute atomic E-state index is 0.327. The van der Waals surface area contributed by atoms with E-state index in [0.717, 1.165) is 11.4 Å². The first kappa shape index (κ1) is 13.9. The van der Waals surface area contributed by atoms with Gasteiger partial charge in [-0.2, -0.15) is 10.4 Å². The van der Waals surface area contributed by atoms with Crippen LogP contribution in [0.1, 0.15) is 11.3 Å². The third-order valence-electron chi connectivity index (χ3n) is 2.92. The van der Waals surface area contributed by atoms with E-state index < -0.39 is 0 Å². The Morgan fingerprint density at radius 3 is 2.77 bits per heavy atom. The monoisotopic (exact) mass is 310 g/mol. The average molecular weight is 311 g/mol. The maximum absolute atomic E-state index is 9.31. The molecule has 3 aromatic rings. The summed E-state index contributed by atoms with van der Waals surface area (Å²) < 4.78 is 0. The quantitative estimate of drug-likeness (QED) is 0.640. The van der Waals surface area contributed by atoms with Crippen LogP contribution in [-0.4, -0.2) is 21.4 Å². The molecule has 3 N–H and O–H groups in total. The van der Waals surface area contributed by atoms with Gasteiger partial charge in [0.1, 0.15) is 17.5 Å². The third kappa shape index (κ3) is 3.00. The number of halogens is 1. The van der Waals surface area contributed by atoms with E-state index in [-0.39, 0.29) is 0 Å². The van der Waals surface area contributed by atoms with Crippen molar-refractivity contribution in [3.8, 4) is 6.07 Å². The summed E-state index contributed by atoms with van der Waals surface area (Å²) in [5.41, 5.74) is 1.97. The van der Waals surface area contributed by atoms with Crippen LogP contribution in [0.2, 0.25) is 5.02 Å². The van der Waals surface area contributed by atoms with Gasteiger partial charge in [-0.1, -0.05) is 11.6 Å². The van der Waals surface area contributed by atoms with Crippen molar-refractivity contribution in [2.24, 2.45) is 4.99 Å². The molecule has 6 nitrogen and oxygen atoms in total. The van der Waals surface area contributed by atoms with Crippen molar-refractivity contribution in [3.63, 3.8) is 0 Å². The highest BCUT2D eigenvalue weighted by atomic mass is 35.5. The van der Waals surface area contributed by atoms with Crippen LogP contribution in [0.4, 0.5) is 17.3 Å². The van der Waals surface area contributed by atoms with Crippen LogP contribution < -0.4 is 5.32 Å². The normalized spacial score (nSPS) is 10.7. The van der Waals surface area contributed by atoms with E-state index in [1.807, 2.05) is 24.3 Å². The predicted octanol–water partition coefficient (Wildman–Crippen LogP) is 3.76. The summed E-state index contributed by atoms with van der Waals surface area (Å²) in [4.78, 5) is 7.21. The van der Waals surface area contributed by atoms with Crippen molar-refractivity contribution in [2.75, 3.05) is 5.32 Å². The Morgan fingerprint density at radius 2 is 2.09 bits per heavy atom. The van der Waals surface area contributed by atoms with Gasteiger partial charge in [0.2, 0.25) is 0 Å². The molecule has 2 aromatic heterocycles. The number of aliphatic imine (C=N–C) groups is 1. The van der Waals surface area contributed by atoms with E-state index in [9.17, 15) is 5.26 Å². The Morgan fingerprint density at radius 1 is 1.27 bits per heavy atom. The van der Waals surface area contributed by atoms with Crippen LogP contribution in [0.15, 0.2) is 47.6 Å². The topological polar surface area (TPSA) is 92.7 Å². The van der Waals surface area contributed by atoms with E-state index in [4.69, 9.17) is 11.6 Å². The van der Waals surface area contributed by atoms with Gasteiger partial charge in [0.05, 0.1) is 11.9 Å². The minimum atomic E-state index is 0.327. The molecule has 0 spiro atoms. The molecule has 1 aromatic carbocycles. The number of aromatic amines is 2. The minimum Gasteiger partial charge on any atom is -0.360 e. The number of H-pyrrole nitrogens is 2. The molecule has 0 atom stereocenters. The van der Waals surface area contributed by atoms with Crippen molar-refractivity contribution >= 4 is 35.1 Å². The number of rotatable bonds is 4. The molecule has 0 amide bonds. The molecule has 0 bridgehead atoms. The molecular weight excluding hydrogens is 300 g/mol. The fraction of sp³-hybridized carbons (Fsp3) is 0. The lowest BCUT2D eigenvalue weighted by Crippen LogP contribution is -1.92. The second-order valence-electron chi connectivity index (χ2n) is 4.42. The highest BCUT2D eigenvalue weighted by Gasteiger charge is 2.12. The highest BCUT2D eigenvalue weighted by molar-refractivity contribution is 6.30. The van der Waals surface area contributed by atoms with Crippen LogP contribution in [0.5, 0.6) is 0 Å². The molecule has 0 saturated carbocycles. The van der Waals surface area contributed by atoms with E-state index in [1.165, 1.54) is 0 Å². The van der Waals surface area contributed by atoms with Gasteiger partial charge in [0.15, 0.2) is 5.82 Å². The first-order valence-electron chi connectivity index (χ1n) is 6.45. The van der Waals surface area contributed by atoms with Gasteiger partial charge in [0.25, 0.3) is 0 Å². The molecule has 0 radical (unpaired) electrons. The lowest BCUT2D eigenvalue weighted by atomic mass is 10.3. The zero-order valence-corrected chi connectivity index (χ0v) is 12.1. The van der Waals surface area contributed by atoms with Gasteiger partial charge >= 0.3 is 0 Å². The molecule has 7 heteroatoms. The molecular formula is C15H11ClN6. The van der Waals surface area contributed by atoms with Gasteiger partial charge in [-0.05, 0) is 36.4 Å². The number of nitrogens with zero attached hydrogens (tertiary/aromatic N) is 3. The second-order valence-corrected chi connectivity index (χ2v) is 4.86. The van der Waals surface area contributed by atoms with Crippen molar-refractivity contribution < 1.29 is 0 Å². The summed E-state index contributed by atoms with van der Waals surface area (Å²) in [5, 5.41) is 19.9. The molecule has 0 aliphatic rings. The second kappa shape index (κ2) is 6.16. The lowest BCUT2D eigenvalue weighted by Gasteiger charge is -2.03. The first-order chi connectivity index (χ1) is 10.8. The molecule has 0 fully saturated rings. The number of hydrogen-bond acceptors (Lipinski definition) is 4. The maximum Gasteiger partial charge on any atom is 0.193 e. The number of aromatic nitrogens is 3. The molecule has 2 heterocycles. The Bertz CT molecular complexity index is 824. The summed E-state index contributed by atoms with van der Waals surface area (Å²) in [5.74, 6) is 0.817. The SMILES string of the molecule is N#Cc1c(N=Cc2ccc[nH]2)n[nH]c1Nc1ccc(Cl)cc1. The standard InChI is InChI=1S/C15H11ClN6/c16-10-3-5-11(6-4-10)20-15-13(8-17)14(21-22-15)19-9-12-2-1-7-18-12/h1-7,9,18H,(H2,20,21,22). The zero-order chi connectivity index (χ0) is 15.4. The summed E-state index contributed by atoms with van der Waals surface area (Å²) in [6, 6.07) is 13.0. The molecule has 0 aliphatic carbocycles. The van der Waals surface area contributed by atoms with Crippen LogP contribution in [-0.2, 0) is 0 Å². The fourth-order valence-electron chi connectivity index (χ4n) is 1.86. The number of hydrogen-bond donors (Lipinski definition) is 3. The summed E-state index contributed by atoms with van der Waals surface area (Å²) in [7, 11) is 0. The molecule has 108 valence electrons. The van der Waals surface area contributed by atoms with E-state index in [1.54, 1.807) is 24.5 Å². The summed E-state index contributed by atoms with van der Waals surface area (Å²) >= 11 is 5.85. The Balaban J connectivity index is 1.84. The van der Waals surface area contributed by atoms with E-state index in [0.29, 0.717) is 22.2 Å². The number of nitriles is 1. The van der Waals surface area contributed by atoms with Crippen molar-refractivity contribution in [2.45, 2.75) is 0 Å². The molecule has 0 aliphatic heterocycles.